The van der Waals surface area contributed by atoms with Crippen LogP contribution < -0.4 is 10.2 Å². The first kappa shape index (κ1) is 20.0. The summed E-state index contributed by atoms with van der Waals surface area (Å²) in [5.74, 6) is 0.814. The van der Waals surface area contributed by atoms with E-state index in [0.717, 1.165) is 32.0 Å². The number of carbonyl (C=O) groups excluding carboxylic acids is 2. The number of anilines is 2. The molecule has 8 nitrogen and oxygen atoms in total. The molecule has 9 heteroatoms. The normalized spacial score (nSPS) is 14.6. The second-order valence-electron chi connectivity index (χ2n) is 6.30. The number of aromatic nitrogens is 2. The van der Waals surface area contributed by atoms with E-state index in [0.29, 0.717) is 29.6 Å². The van der Waals surface area contributed by atoms with Crippen LogP contribution in [0.2, 0.25) is 5.02 Å². The molecule has 28 heavy (non-hydrogen) atoms. The molecule has 0 aromatic carbocycles. The van der Waals surface area contributed by atoms with E-state index in [1.165, 1.54) is 12.4 Å². The maximum atomic E-state index is 12.2. The van der Waals surface area contributed by atoms with Gasteiger partial charge in [-0.1, -0.05) is 11.6 Å². The molecule has 148 valence electrons. The van der Waals surface area contributed by atoms with Gasteiger partial charge in [0.1, 0.15) is 11.6 Å². The van der Waals surface area contributed by atoms with Crippen LogP contribution in [0.25, 0.3) is 0 Å². The molecule has 1 aliphatic rings. The SMILES string of the molecule is CCOC(=O)c1ccc(N2CCN(CC(=O)Nc3ccc(Cl)cn3)CC2)nc1. The first-order valence-electron chi connectivity index (χ1n) is 9.07. The number of ether oxygens (including phenoxy) is 1. The standard InChI is InChI=1S/C19H22ClN5O3/c1-2-28-19(27)14-3-6-17(22-11-14)25-9-7-24(8-10-25)13-18(26)23-16-5-4-15(20)12-21-16/h3-6,11-12H,2,7-10,13H2,1H3,(H,21,23,26). The first-order chi connectivity index (χ1) is 13.5. The number of pyridine rings is 2. The van der Waals surface area contributed by atoms with Crippen LogP contribution in [0.1, 0.15) is 17.3 Å². The molecule has 0 unspecified atom stereocenters. The lowest BCUT2D eigenvalue weighted by molar-refractivity contribution is -0.117. The highest BCUT2D eigenvalue weighted by atomic mass is 35.5. The Kier molecular flexibility index (Phi) is 6.78. The Bertz CT molecular complexity index is 805. The van der Waals surface area contributed by atoms with Crippen LogP contribution in [0.3, 0.4) is 0 Å². The molecule has 0 saturated carbocycles. The molecule has 0 bridgehead atoms. The van der Waals surface area contributed by atoms with Crippen molar-refractivity contribution in [2.75, 3.05) is 49.5 Å². The van der Waals surface area contributed by atoms with Crippen molar-refractivity contribution < 1.29 is 14.3 Å². The van der Waals surface area contributed by atoms with Gasteiger partial charge in [-0.05, 0) is 31.2 Å². The molecule has 3 rings (SSSR count). The number of nitrogens with one attached hydrogen (secondary N) is 1. The van der Waals surface area contributed by atoms with Crippen molar-refractivity contribution in [2.45, 2.75) is 6.92 Å². The molecule has 0 atom stereocenters. The first-order valence-corrected chi connectivity index (χ1v) is 9.45. The lowest BCUT2D eigenvalue weighted by Gasteiger charge is -2.35. The highest BCUT2D eigenvalue weighted by Gasteiger charge is 2.20. The summed E-state index contributed by atoms with van der Waals surface area (Å²) in [7, 11) is 0. The van der Waals surface area contributed by atoms with Gasteiger partial charge >= 0.3 is 5.97 Å². The number of hydrogen-bond acceptors (Lipinski definition) is 7. The minimum absolute atomic E-state index is 0.111. The summed E-state index contributed by atoms with van der Waals surface area (Å²) in [6.45, 7) is 5.38. The zero-order valence-corrected chi connectivity index (χ0v) is 16.4. The Morgan fingerprint density at radius 2 is 1.89 bits per heavy atom. The number of hydrogen-bond donors (Lipinski definition) is 1. The Morgan fingerprint density at radius 3 is 2.50 bits per heavy atom. The van der Waals surface area contributed by atoms with Crippen molar-refractivity contribution in [3.05, 3.63) is 47.2 Å². The molecule has 0 aliphatic carbocycles. The fourth-order valence-corrected chi connectivity index (χ4v) is 2.99. The lowest BCUT2D eigenvalue weighted by Crippen LogP contribution is -2.49. The third-order valence-electron chi connectivity index (χ3n) is 4.32. The van der Waals surface area contributed by atoms with Gasteiger partial charge in [0.25, 0.3) is 0 Å². The smallest absolute Gasteiger partial charge is 0.339 e. The van der Waals surface area contributed by atoms with E-state index in [-0.39, 0.29) is 11.9 Å². The van der Waals surface area contributed by atoms with E-state index in [2.05, 4.69) is 25.1 Å². The number of nitrogens with zero attached hydrogens (tertiary/aromatic N) is 4. The van der Waals surface area contributed by atoms with E-state index < -0.39 is 0 Å². The molecular weight excluding hydrogens is 382 g/mol. The van der Waals surface area contributed by atoms with Crippen LogP contribution in [-0.2, 0) is 9.53 Å². The maximum Gasteiger partial charge on any atom is 0.339 e. The minimum Gasteiger partial charge on any atom is -0.462 e. The van der Waals surface area contributed by atoms with Crippen molar-refractivity contribution in [3.8, 4) is 0 Å². The lowest BCUT2D eigenvalue weighted by atomic mass is 10.2. The molecule has 0 radical (unpaired) electrons. The second-order valence-corrected chi connectivity index (χ2v) is 6.74. The van der Waals surface area contributed by atoms with Gasteiger partial charge in [-0.25, -0.2) is 14.8 Å². The van der Waals surface area contributed by atoms with Crippen molar-refractivity contribution in [3.63, 3.8) is 0 Å². The summed E-state index contributed by atoms with van der Waals surface area (Å²) < 4.78 is 4.96. The molecule has 1 saturated heterocycles. The average molecular weight is 404 g/mol. The van der Waals surface area contributed by atoms with Crippen LogP contribution in [0.5, 0.6) is 0 Å². The predicted molar refractivity (Wildman–Crippen MR) is 107 cm³/mol. The van der Waals surface area contributed by atoms with Gasteiger partial charge in [-0.15, -0.1) is 0 Å². The number of rotatable bonds is 6. The number of amides is 1. The Labute approximate surface area is 168 Å². The Balaban J connectivity index is 1.47. The summed E-state index contributed by atoms with van der Waals surface area (Å²) >= 11 is 5.79. The van der Waals surface area contributed by atoms with Gasteiger partial charge in [0, 0.05) is 38.6 Å². The van der Waals surface area contributed by atoms with Crippen molar-refractivity contribution >= 4 is 35.1 Å². The Hall–Kier alpha value is -2.71. The van der Waals surface area contributed by atoms with E-state index in [9.17, 15) is 9.59 Å². The van der Waals surface area contributed by atoms with Crippen LogP contribution in [0.4, 0.5) is 11.6 Å². The summed E-state index contributed by atoms with van der Waals surface area (Å²) in [5, 5.41) is 3.29. The third kappa shape index (κ3) is 5.40. The van der Waals surface area contributed by atoms with Gasteiger partial charge < -0.3 is 15.0 Å². The number of piperazine rings is 1. The molecule has 1 N–H and O–H groups in total. The summed E-state index contributed by atoms with van der Waals surface area (Å²) in [6, 6.07) is 6.90. The third-order valence-corrected chi connectivity index (χ3v) is 4.54. The molecular formula is C19H22ClN5O3. The number of halogens is 1. The average Bonchev–Trinajstić information content (AvgIpc) is 2.71. The van der Waals surface area contributed by atoms with E-state index >= 15 is 0 Å². The van der Waals surface area contributed by atoms with E-state index in [1.807, 2.05) is 6.07 Å². The zero-order chi connectivity index (χ0) is 19.9. The second kappa shape index (κ2) is 9.48. The number of esters is 1. The molecule has 3 heterocycles. The van der Waals surface area contributed by atoms with Gasteiger partial charge in [0.05, 0.1) is 23.7 Å². The summed E-state index contributed by atoms with van der Waals surface area (Å²) in [6.07, 6.45) is 3.03. The van der Waals surface area contributed by atoms with Gasteiger partial charge in [-0.3, -0.25) is 9.69 Å². The Morgan fingerprint density at radius 1 is 1.11 bits per heavy atom. The van der Waals surface area contributed by atoms with Crippen molar-refractivity contribution in [2.24, 2.45) is 0 Å². The zero-order valence-electron chi connectivity index (χ0n) is 15.6. The molecule has 2 aromatic heterocycles. The van der Waals surface area contributed by atoms with Crippen LogP contribution >= 0.6 is 11.6 Å². The molecule has 1 aliphatic heterocycles. The highest BCUT2D eigenvalue weighted by Crippen LogP contribution is 2.15. The molecule has 1 amide bonds. The van der Waals surface area contributed by atoms with Crippen LogP contribution in [-0.4, -0.2) is 66.1 Å². The van der Waals surface area contributed by atoms with E-state index in [1.54, 1.807) is 25.1 Å². The van der Waals surface area contributed by atoms with Gasteiger partial charge in [0.15, 0.2) is 0 Å². The largest absolute Gasteiger partial charge is 0.462 e. The predicted octanol–water partition coefficient (Wildman–Crippen LogP) is 2.07. The van der Waals surface area contributed by atoms with Crippen molar-refractivity contribution in [1.29, 1.82) is 0 Å². The molecule has 1 fully saturated rings. The van der Waals surface area contributed by atoms with Crippen molar-refractivity contribution in [1.82, 2.24) is 14.9 Å². The summed E-state index contributed by atoms with van der Waals surface area (Å²) in [5.41, 5.74) is 0.441. The van der Waals surface area contributed by atoms with Crippen LogP contribution in [0.15, 0.2) is 36.7 Å². The molecule has 2 aromatic rings. The monoisotopic (exact) mass is 403 g/mol. The van der Waals surface area contributed by atoms with Crippen LogP contribution in [0, 0.1) is 0 Å². The van der Waals surface area contributed by atoms with Gasteiger partial charge in [0.2, 0.25) is 5.91 Å². The molecule has 0 spiro atoms. The van der Waals surface area contributed by atoms with E-state index in [4.69, 9.17) is 16.3 Å². The number of carbonyl (C=O) groups is 2. The van der Waals surface area contributed by atoms with Gasteiger partial charge in [-0.2, -0.15) is 0 Å². The fourth-order valence-electron chi connectivity index (χ4n) is 2.88. The highest BCUT2D eigenvalue weighted by molar-refractivity contribution is 6.30. The summed E-state index contributed by atoms with van der Waals surface area (Å²) in [4.78, 5) is 36.5. The maximum absolute atomic E-state index is 12.2. The minimum atomic E-state index is -0.368. The fraction of sp³-hybridized carbons (Fsp3) is 0.368. The topological polar surface area (TPSA) is 87.7 Å². The quantitative estimate of drug-likeness (QED) is 0.738.